The van der Waals surface area contributed by atoms with E-state index >= 15 is 0 Å². The molecule has 2 aliphatic heterocycles. The van der Waals surface area contributed by atoms with E-state index < -0.39 is 41.7 Å². The van der Waals surface area contributed by atoms with E-state index in [2.05, 4.69) is 10.6 Å². The summed E-state index contributed by atoms with van der Waals surface area (Å²) in [5.74, 6) is -1.38. The number of rotatable bonds is 5. The monoisotopic (exact) mass is 474 g/mol. The number of imide groups is 1. The van der Waals surface area contributed by atoms with E-state index in [1.54, 1.807) is 37.3 Å². The molecule has 0 radical (unpaired) electrons. The van der Waals surface area contributed by atoms with E-state index in [1.807, 2.05) is 4.90 Å². The Balaban J connectivity index is 1.55. The van der Waals surface area contributed by atoms with Gasteiger partial charge in [0.2, 0.25) is 5.91 Å². The Morgan fingerprint density at radius 3 is 2.38 bits per heavy atom. The summed E-state index contributed by atoms with van der Waals surface area (Å²) in [5, 5.41) is 5.11. The van der Waals surface area contributed by atoms with Crippen molar-refractivity contribution in [3.8, 4) is 0 Å². The first-order valence-corrected chi connectivity index (χ1v) is 11.1. The number of halogens is 3. The van der Waals surface area contributed by atoms with Gasteiger partial charge in [-0.25, -0.2) is 4.79 Å². The number of anilines is 2. The molecule has 1 unspecified atom stereocenters. The Bertz CT molecular complexity index is 1100. The van der Waals surface area contributed by atoms with Crippen molar-refractivity contribution >= 4 is 29.2 Å². The Morgan fingerprint density at radius 2 is 1.74 bits per heavy atom. The SMILES string of the molecule is CC1(c2ccccc2)NC(=O)N(CC(=O)Nc2cc(C(F)(F)F)ccc2N2CCCCC2)C1=O. The summed E-state index contributed by atoms with van der Waals surface area (Å²) in [6.07, 6.45) is -1.75. The molecular weight excluding hydrogens is 449 g/mol. The zero-order valence-corrected chi connectivity index (χ0v) is 18.6. The fourth-order valence-corrected chi connectivity index (χ4v) is 4.36. The molecule has 1 atom stereocenters. The third-order valence-electron chi connectivity index (χ3n) is 6.22. The number of amides is 4. The first kappa shape index (κ1) is 23.6. The van der Waals surface area contributed by atoms with Gasteiger partial charge < -0.3 is 15.5 Å². The van der Waals surface area contributed by atoms with E-state index in [-0.39, 0.29) is 5.69 Å². The van der Waals surface area contributed by atoms with Gasteiger partial charge in [-0.2, -0.15) is 13.2 Å². The molecule has 7 nitrogen and oxygen atoms in total. The van der Waals surface area contributed by atoms with Gasteiger partial charge in [-0.1, -0.05) is 30.3 Å². The second kappa shape index (κ2) is 9.00. The summed E-state index contributed by atoms with van der Waals surface area (Å²) >= 11 is 0. The van der Waals surface area contributed by atoms with Crippen LogP contribution in [0.1, 0.15) is 37.3 Å². The van der Waals surface area contributed by atoms with Crippen LogP contribution in [-0.2, 0) is 21.3 Å². The van der Waals surface area contributed by atoms with Crippen molar-refractivity contribution < 1.29 is 27.6 Å². The fourth-order valence-electron chi connectivity index (χ4n) is 4.36. The van der Waals surface area contributed by atoms with Crippen LogP contribution in [0.2, 0.25) is 0 Å². The van der Waals surface area contributed by atoms with Gasteiger partial charge >= 0.3 is 12.2 Å². The zero-order chi connectivity index (χ0) is 24.5. The van der Waals surface area contributed by atoms with Crippen LogP contribution in [-0.4, -0.2) is 42.4 Å². The topological polar surface area (TPSA) is 81.8 Å². The zero-order valence-electron chi connectivity index (χ0n) is 18.6. The lowest BCUT2D eigenvalue weighted by molar-refractivity contribution is -0.137. The van der Waals surface area contributed by atoms with Gasteiger partial charge in [0.05, 0.1) is 16.9 Å². The van der Waals surface area contributed by atoms with Crippen LogP contribution in [0.15, 0.2) is 48.5 Å². The van der Waals surface area contributed by atoms with Crippen molar-refractivity contribution in [3.63, 3.8) is 0 Å². The molecule has 0 aromatic heterocycles. The molecule has 180 valence electrons. The lowest BCUT2D eigenvalue weighted by atomic mass is 9.92. The normalized spacial score (nSPS) is 20.9. The second-order valence-electron chi connectivity index (χ2n) is 8.64. The first-order valence-electron chi connectivity index (χ1n) is 11.1. The van der Waals surface area contributed by atoms with Gasteiger partial charge in [-0.3, -0.25) is 14.5 Å². The van der Waals surface area contributed by atoms with E-state index in [0.717, 1.165) is 36.3 Å². The van der Waals surface area contributed by atoms with Gasteiger partial charge in [-0.15, -0.1) is 0 Å². The number of nitrogens with zero attached hydrogens (tertiary/aromatic N) is 2. The number of hydrogen-bond donors (Lipinski definition) is 2. The third-order valence-corrected chi connectivity index (χ3v) is 6.22. The molecule has 2 heterocycles. The molecule has 2 aliphatic rings. The van der Waals surface area contributed by atoms with Crippen LogP contribution in [0, 0.1) is 0 Å². The number of benzene rings is 2. The van der Waals surface area contributed by atoms with Crippen molar-refractivity contribution in [1.82, 2.24) is 10.2 Å². The maximum atomic E-state index is 13.3. The van der Waals surface area contributed by atoms with Crippen molar-refractivity contribution in [3.05, 3.63) is 59.7 Å². The number of hydrogen-bond acceptors (Lipinski definition) is 4. The number of carbonyl (C=O) groups is 3. The average Bonchev–Trinajstić information content (AvgIpc) is 3.03. The van der Waals surface area contributed by atoms with Gasteiger partial charge in [-0.05, 0) is 49.9 Å². The molecule has 4 rings (SSSR count). The van der Waals surface area contributed by atoms with E-state index in [4.69, 9.17) is 0 Å². The molecular formula is C24H25F3N4O3. The van der Waals surface area contributed by atoms with Crippen LogP contribution in [0.5, 0.6) is 0 Å². The largest absolute Gasteiger partial charge is 0.416 e. The second-order valence-corrected chi connectivity index (χ2v) is 8.64. The van der Waals surface area contributed by atoms with Crippen molar-refractivity contribution in [2.75, 3.05) is 29.9 Å². The molecule has 2 N–H and O–H groups in total. The Hall–Kier alpha value is -3.56. The molecule has 0 saturated carbocycles. The van der Waals surface area contributed by atoms with Crippen molar-refractivity contribution in [2.45, 2.75) is 37.9 Å². The number of piperidine rings is 1. The van der Waals surface area contributed by atoms with E-state index in [0.29, 0.717) is 24.3 Å². The molecule has 34 heavy (non-hydrogen) atoms. The standard InChI is InChI=1S/C24H25F3N4O3/c1-23(16-8-4-2-5-9-16)21(33)31(22(34)29-23)15-20(32)28-18-14-17(24(25,26)27)10-11-19(18)30-12-6-3-7-13-30/h2,4-5,8-11,14H,3,6-7,12-13,15H2,1H3,(H,28,32)(H,29,34). The summed E-state index contributed by atoms with van der Waals surface area (Å²) < 4.78 is 40.0. The highest BCUT2D eigenvalue weighted by molar-refractivity contribution is 6.10. The Labute approximate surface area is 194 Å². The summed E-state index contributed by atoms with van der Waals surface area (Å²) in [4.78, 5) is 41.1. The summed E-state index contributed by atoms with van der Waals surface area (Å²) in [6.45, 7) is 2.25. The fraction of sp³-hybridized carbons (Fsp3) is 0.375. The summed E-state index contributed by atoms with van der Waals surface area (Å²) in [6, 6.07) is 11.1. The quantitative estimate of drug-likeness (QED) is 0.640. The summed E-state index contributed by atoms with van der Waals surface area (Å²) in [7, 11) is 0. The smallest absolute Gasteiger partial charge is 0.370 e. The minimum absolute atomic E-state index is 0.000370. The number of alkyl halides is 3. The highest BCUT2D eigenvalue weighted by Crippen LogP contribution is 2.36. The lowest BCUT2D eigenvalue weighted by Gasteiger charge is -2.31. The van der Waals surface area contributed by atoms with Crippen molar-refractivity contribution in [1.29, 1.82) is 0 Å². The van der Waals surface area contributed by atoms with Gasteiger partial charge in [0.15, 0.2) is 0 Å². The van der Waals surface area contributed by atoms with Crippen molar-refractivity contribution in [2.24, 2.45) is 0 Å². The van der Waals surface area contributed by atoms with Gasteiger partial charge in [0.1, 0.15) is 12.1 Å². The Morgan fingerprint density at radius 1 is 1.06 bits per heavy atom. The van der Waals surface area contributed by atoms with Crippen LogP contribution < -0.4 is 15.5 Å². The first-order chi connectivity index (χ1) is 16.1. The van der Waals surface area contributed by atoms with Crippen LogP contribution in [0.4, 0.5) is 29.3 Å². The van der Waals surface area contributed by atoms with Crippen LogP contribution in [0.25, 0.3) is 0 Å². The van der Waals surface area contributed by atoms with Crippen LogP contribution in [0.3, 0.4) is 0 Å². The number of carbonyl (C=O) groups excluding carboxylic acids is 3. The van der Waals surface area contributed by atoms with Crippen LogP contribution >= 0.6 is 0 Å². The molecule has 0 spiro atoms. The molecule has 2 aromatic rings. The molecule has 0 aliphatic carbocycles. The van der Waals surface area contributed by atoms with Gasteiger partial charge in [0, 0.05) is 13.1 Å². The number of urea groups is 1. The van der Waals surface area contributed by atoms with E-state index in [1.165, 1.54) is 6.07 Å². The van der Waals surface area contributed by atoms with Gasteiger partial charge in [0.25, 0.3) is 5.91 Å². The predicted molar refractivity (Wildman–Crippen MR) is 120 cm³/mol. The summed E-state index contributed by atoms with van der Waals surface area (Å²) in [5.41, 5.74) is -1.20. The highest BCUT2D eigenvalue weighted by Gasteiger charge is 2.49. The molecule has 2 fully saturated rings. The lowest BCUT2D eigenvalue weighted by Crippen LogP contribution is -2.42. The third kappa shape index (κ3) is 4.57. The molecule has 2 saturated heterocycles. The Kier molecular flexibility index (Phi) is 6.24. The minimum Gasteiger partial charge on any atom is -0.370 e. The highest BCUT2D eigenvalue weighted by atomic mass is 19.4. The predicted octanol–water partition coefficient (Wildman–Crippen LogP) is 4.10. The molecule has 4 amide bonds. The molecule has 0 bridgehead atoms. The maximum absolute atomic E-state index is 13.3. The van der Waals surface area contributed by atoms with E-state index in [9.17, 15) is 27.6 Å². The average molecular weight is 474 g/mol. The maximum Gasteiger partial charge on any atom is 0.416 e. The number of nitrogens with one attached hydrogen (secondary N) is 2. The minimum atomic E-state index is -4.58. The molecule has 10 heteroatoms. The molecule has 2 aromatic carbocycles.